The Hall–Kier alpha value is -2.37. The summed E-state index contributed by atoms with van der Waals surface area (Å²) in [5, 5.41) is 11.0. The highest BCUT2D eigenvalue weighted by Gasteiger charge is 2.39. The smallest absolute Gasteiger partial charge is 0.329 e. The molecule has 18 heavy (non-hydrogen) atoms. The summed E-state index contributed by atoms with van der Waals surface area (Å²) < 4.78 is 0. The van der Waals surface area contributed by atoms with Crippen LogP contribution in [0, 0.1) is 6.92 Å². The Labute approximate surface area is 103 Å². The van der Waals surface area contributed by atoms with E-state index in [2.05, 4.69) is 5.32 Å². The zero-order chi connectivity index (χ0) is 13.3. The lowest BCUT2D eigenvalue weighted by atomic mass is 10.2. The topological polar surface area (TPSA) is 86.7 Å². The highest BCUT2D eigenvalue weighted by atomic mass is 16.4. The number of rotatable bonds is 3. The Morgan fingerprint density at radius 2 is 2.17 bits per heavy atom. The number of carbonyl (C=O) groups excluding carboxylic acids is 2. The largest absolute Gasteiger partial charge is 0.481 e. The van der Waals surface area contributed by atoms with Crippen molar-refractivity contribution in [3.8, 4) is 0 Å². The maximum absolute atomic E-state index is 11.9. The molecule has 6 heteroatoms. The number of anilines is 1. The van der Waals surface area contributed by atoms with Crippen LogP contribution in [-0.4, -0.2) is 29.1 Å². The van der Waals surface area contributed by atoms with E-state index in [0.717, 1.165) is 10.5 Å². The molecule has 2 rings (SSSR count). The number of aryl methyl sites for hydroxylation is 1. The van der Waals surface area contributed by atoms with Crippen LogP contribution in [0.4, 0.5) is 10.5 Å². The molecule has 0 aromatic heterocycles. The van der Waals surface area contributed by atoms with E-state index in [0.29, 0.717) is 5.69 Å². The van der Waals surface area contributed by atoms with Gasteiger partial charge in [-0.1, -0.05) is 12.1 Å². The molecule has 1 aromatic rings. The van der Waals surface area contributed by atoms with Crippen molar-refractivity contribution in [3.63, 3.8) is 0 Å². The summed E-state index contributed by atoms with van der Waals surface area (Å²) in [6.45, 7) is 1.84. The van der Waals surface area contributed by atoms with Crippen molar-refractivity contribution in [2.24, 2.45) is 0 Å². The standard InChI is InChI=1S/C12H12N2O4/c1-7-3-2-4-8(5-7)14-11(17)9(6-10(15)16)13-12(14)18/h2-5,9H,6H2,1H3,(H,13,18)(H,15,16). The fraction of sp³-hybridized carbons (Fsp3) is 0.250. The van der Waals surface area contributed by atoms with Gasteiger partial charge in [-0.05, 0) is 24.6 Å². The molecule has 1 unspecified atom stereocenters. The molecule has 1 fully saturated rings. The molecule has 1 atom stereocenters. The lowest BCUT2D eigenvalue weighted by molar-refractivity contribution is -0.139. The van der Waals surface area contributed by atoms with Crippen molar-refractivity contribution in [3.05, 3.63) is 29.8 Å². The van der Waals surface area contributed by atoms with Crippen molar-refractivity contribution >= 4 is 23.6 Å². The minimum atomic E-state index is -1.13. The van der Waals surface area contributed by atoms with Gasteiger partial charge in [0.05, 0.1) is 12.1 Å². The van der Waals surface area contributed by atoms with Gasteiger partial charge in [0.2, 0.25) is 0 Å². The van der Waals surface area contributed by atoms with Crippen LogP contribution in [0.15, 0.2) is 24.3 Å². The maximum Gasteiger partial charge on any atom is 0.329 e. The van der Waals surface area contributed by atoms with Gasteiger partial charge in [-0.3, -0.25) is 9.59 Å². The van der Waals surface area contributed by atoms with E-state index in [9.17, 15) is 14.4 Å². The summed E-state index contributed by atoms with van der Waals surface area (Å²) in [6.07, 6.45) is -0.410. The lowest BCUT2D eigenvalue weighted by Gasteiger charge is -2.13. The Morgan fingerprint density at radius 1 is 1.44 bits per heavy atom. The van der Waals surface area contributed by atoms with Crippen molar-refractivity contribution in [1.82, 2.24) is 5.32 Å². The molecule has 0 aliphatic carbocycles. The summed E-state index contributed by atoms with van der Waals surface area (Å²) in [7, 11) is 0. The fourth-order valence-corrected chi connectivity index (χ4v) is 1.86. The molecule has 0 spiro atoms. The van der Waals surface area contributed by atoms with Crippen molar-refractivity contribution in [2.45, 2.75) is 19.4 Å². The molecule has 1 saturated heterocycles. The first kappa shape index (κ1) is 12.1. The monoisotopic (exact) mass is 248 g/mol. The van der Waals surface area contributed by atoms with Gasteiger partial charge in [0.25, 0.3) is 5.91 Å². The number of urea groups is 1. The number of imide groups is 1. The SMILES string of the molecule is Cc1cccc(N2C(=O)NC(CC(=O)O)C2=O)c1. The Bertz CT molecular complexity index is 527. The number of amides is 3. The highest BCUT2D eigenvalue weighted by Crippen LogP contribution is 2.21. The van der Waals surface area contributed by atoms with Gasteiger partial charge in [-0.2, -0.15) is 0 Å². The molecule has 6 nitrogen and oxygen atoms in total. The highest BCUT2D eigenvalue weighted by molar-refractivity contribution is 6.21. The summed E-state index contributed by atoms with van der Waals surface area (Å²) >= 11 is 0. The van der Waals surface area contributed by atoms with Gasteiger partial charge < -0.3 is 10.4 Å². The number of carboxylic acid groups (broad SMARTS) is 1. The number of nitrogens with one attached hydrogen (secondary N) is 1. The average Bonchev–Trinajstić information content (AvgIpc) is 2.53. The second-order valence-electron chi connectivity index (χ2n) is 4.11. The number of nitrogens with zero attached hydrogens (tertiary/aromatic N) is 1. The predicted molar refractivity (Wildman–Crippen MR) is 63.2 cm³/mol. The maximum atomic E-state index is 11.9. The quantitative estimate of drug-likeness (QED) is 0.778. The van der Waals surface area contributed by atoms with Crippen molar-refractivity contribution in [1.29, 1.82) is 0 Å². The molecule has 0 radical (unpaired) electrons. The number of carbonyl (C=O) groups is 3. The predicted octanol–water partition coefficient (Wildman–Crippen LogP) is 0.895. The Kier molecular flexibility index (Phi) is 3.01. The number of carboxylic acids is 1. The zero-order valence-electron chi connectivity index (χ0n) is 9.71. The summed E-state index contributed by atoms with van der Waals surface area (Å²) in [4.78, 5) is 35.2. The molecular weight excluding hydrogens is 236 g/mol. The van der Waals surface area contributed by atoms with E-state index < -0.39 is 30.4 Å². The molecule has 1 aliphatic heterocycles. The van der Waals surface area contributed by atoms with Crippen LogP contribution in [0.2, 0.25) is 0 Å². The minimum absolute atomic E-state index is 0.410. The third kappa shape index (κ3) is 2.17. The molecule has 1 heterocycles. The van der Waals surface area contributed by atoms with E-state index in [-0.39, 0.29) is 0 Å². The van der Waals surface area contributed by atoms with Gasteiger partial charge in [0, 0.05) is 0 Å². The number of benzene rings is 1. The first-order chi connectivity index (χ1) is 8.49. The van der Waals surface area contributed by atoms with E-state index in [1.54, 1.807) is 18.2 Å². The second kappa shape index (κ2) is 4.48. The molecule has 1 aliphatic rings. The first-order valence-corrected chi connectivity index (χ1v) is 5.42. The van der Waals surface area contributed by atoms with Crippen LogP contribution in [0.1, 0.15) is 12.0 Å². The first-order valence-electron chi connectivity index (χ1n) is 5.42. The number of hydrogen-bond acceptors (Lipinski definition) is 3. The van der Waals surface area contributed by atoms with Crippen LogP contribution in [0.25, 0.3) is 0 Å². The second-order valence-corrected chi connectivity index (χ2v) is 4.11. The normalized spacial score (nSPS) is 18.9. The van der Waals surface area contributed by atoms with Crippen LogP contribution in [-0.2, 0) is 9.59 Å². The Morgan fingerprint density at radius 3 is 2.78 bits per heavy atom. The van der Waals surface area contributed by atoms with Gasteiger partial charge in [0.1, 0.15) is 6.04 Å². The summed E-state index contributed by atoms with van der Waals surface area (Å²) in [5.74, 6) is -1.66. The molecule has 3 amide bonds. The van der Waals surface area contributed by atoms with Crippen LogP contribution < -0.4 is 10.2 Å². The molecule has 2 N–H and O–H groups in total. The van der Waals surface area contributed by atoms with Crippen LogP contribution in [0.3, 0.4) is 0 Å². The van der Waals surface area contributed by atoms with Crippen molar-refractivity contribution in [2.75, 3.05) is 4.90 Å². The third-order valence-corrected chi connectivity index (χ3v) is 2.66. The minimum Gasteiger partial charge on any atom is -0.481 e. The molecular formula is C12H12N2O4. The molecule has 0 bridgehead atoms. The van der Waals surface area contributed by atoms with Crippen LogP contribution in [0.5, 0.6) is 0 Å². The number of hydrogen-bond donors (Lipinski definition) is 2. The molecule has 94 valence electrons. The Balaban J connectivity index is 2.27. The van der Waals surface area contributed by atoms with Gasteiger partial charge in [-0.25, -0.2) is 9.69 Å². The van der Waals surface area contributed by atoms with E-state index in [1.807, 2.05) is 13.0 Å². The fourth-order valence-electron chi connectivity index (χ4n) is 1.86. The van der Waals surface area contributed by atoms with Crippen molar-refractivity contribution < 1.29 is 19.5 Å². The van der Waals surface area contributed by atoms with Gasteiger partial charge >= 0.3 is 12.0 Å². The van der Waals surface area contributed by atoms with Crippen LogP contribution >= 0.6 is 0 Å². The van der Waals surface area contributed by atoms with Gasteiger partial charge in [0.15, 0.2) is 0 Å². The number of aliphatic carboxylic acids is 1. The molecule has 1 aromatic carbocycles. The van der Waals surface area contributed by atoms with E-state index in [4.69, 9.17) is 5.11 Å². The summed E-state index contributed by atoms with van der Waals surface area (Å²) in [6, 6.07) is 5.33. The van der Waals surface area contributed by atoms with E-state index >= 15 is 0 Å². The lowest BCUT2D eigenvalue weighted by Crippen LogP contribution is -2.32. The van der Waals surface area contributed by atoms with E-state index in [1.165, 1.54) is 0 Å². The summed E-state index contributed by atoms with van der Waals surface area (Å²) in [5.41, 5.74) is 1.36. The third-order valence-electron chi connectivity index (χ3n) is 2.66. The average molecular weight is 248 g/mol. The molecule has 0 saturated carbocycles. The van der Waals surface area contributed by atoms with Gasteiger partial charge in [-0.15, -0.1) is 0 Å². The zero-order valence-corrected chi connectivity index (χ0v) is 9.71.